The summed E-state index contributed by atoms with van der Waals surface area (Å²) in [4.78, 5) is 0. The Morgan fingerprint density at radius 3 is 2.00 bits per heavy atom. The number of nitrogens with two attached hydrogens (primary N) is 1. The number of hydrogen-bond acceptors (Lipinski definition) is 1. The zero-order valence-electron chi connectivity index (χ0n) is 11.5. The lowest BCUT2D eigenvalue weighted by molar-refractivity contribution is 0.574. The van der Waals surface area contributed by atoms with Gasteiger partial charge in [-0.3, -0.25) is 0 Å². The van der Waals surface area contributed by atoms with Gasteiger partial charge in [0.05, 0.1) is 0 Å². The fourth-order valence-electron chi connectivity index (χ4n) is 3.21. The van der Waals surface area contributed by atoms with Crippen molar-refractivity contribution in [3.63, 3.8) is 0 Å². The Balaban J connectivity index is 1.91. The van der Waals surface area contributed by atoms with Crippen molar-refractivity contribution in [1.29, 1.82) is 0 Å². The van der Waals surface area contributed by atoms with Gasteiger partial charge in [-0.1, -0.05) is 55.0 Å². The maximum Gasteiger partial charge on any atom is 0.0102 e. The van der Waals surface area contributed by atoms with Crippen molar-refractivity contribution in [3.05, 3.63) is 59.7 Å². The van der Waals surface area contributed by atoms with Gasteiger partial charge in [0.25, 0.3) is 0 Å². The van der Waals surface area contributed by atoms with E-state index in [2.05, 4.69) is 55.5 Å². The van der Waals surface area contributed by atoms with Crippen LogP contribution in [0.2, 0.25) is 0 Å². The van der Waals surface area contributed by atoms with Crippen molar-refractivity contribution in [3.8, 4) is 11.1 Å². The van der Waals surface area contributed by atoms with E-state index < -0.39 is 0 Å². The zero-order chi connectivity index (χ0) is 13.2. The summed E-state index contributed by atoms with van der Waals surface area (Å²) in [6.07, 6.45) is 3.52. The van der Waals surface area contributed by atoms with Gasteiger partial charge in [0.15, 0.2) is 0 Å². The summed E-state index contributed by atoms with van der Waals surface area (Å²) in [5.74, 6) is 0.561. The molecule has 0 heterocycles. The van der Waals surface area contributed by atoms with E-state index in [1.165, 1.54) is 35.1 Å². The predicted molar refractivity (Wildman–Crippen MR) is 81.2 cm³/mol. The van der Waals surface area contributed by atoms with Crippen molar-refractivity contribution in [2.75, 3.05) is 0 Å². The van der Waals surface area contributed by atoms with Crippen LogP contribution < -0.4 is 5.73 Å². The summed E-state index contributed by atoms with van der Waals surface area (Å²) in [6.45, 7) is 2.09. The van der Waals surface area contributed by atoms with Gasteiger partial charge in [0.1, 0.15) is 0 Å². The van der Waals surface area contributed by atoms with E-state index in [9.17, 15) is 0 Å². The van der Waals surface area contributed by atoms with Gasteiger partial charge >= 0.3 is 0 Å². The lowest BCUT2D eigenvalue weighted by Crippen LogP contribution is -2.14. The summed E-state index contributed by atoms with van der Waals surface area (Å²) in [5.41, 5.74) is 11.7. The Labute approximate surface area is 115 Å². The molecule has 2 aromatic carbocycles. The summed E-state index contributed by atoms with van der Waals surface area (Å²) in [7, 11) is 0. The van der Waals surface area contributed by atoms with Gasteiger partial charge < -0.3 is 5.73 Å². The summed E-state index contributed by atoms with van der Waals surface area (Å²) in [6, 6.07) is 18.0. The Hall–Kier alpha value is -1.60. The lowest BCUT2D eigenvalue weighted by atomic mass is 9.91. The lowest BCUT2D eigenvalue weighted by Gasteiger charge is -2.14. The molecule has 1 heteroatoms. The fraction of sp³-hybridized carbons (Fsp3) is 0.333. The Kier molecular flexibility index (Phi) is 3.39. The molecule has 1 unspecified atom stereocenters. The molecule has 0 spiro atoms. The van der Waals surface area contributed by atoms with E-state index in [0.717, 1.165) is 6.42 Å². The van der Waals surface area contributed by atoms with Crippen molar-refractivity contribution < 1.29 is 0 Å². The minimum atomic E-state index is 0.312. The Bertz CT molecular complexity index is 526. The van der Waals surface area contributed by atoms with E-state index in [-0.39, 0.29) is 0 Å². The zero-order valence-corrected chi connectivity index (χ0v) is 11.5. The molecular weight excluding hydrogens is 230 g/mol. The number of fused-ring (bicyclic) bond motifs is 3. The minimum Gasteiger partial charge on any atom is -0.328 e. The molecule has 0 saturated heterocycles. The maximum atomic E-state index is 5.87. The van der Waals surface area contributed by atoms with Crippen LogP contribution in [0.15, 0.2) is 48.5 Å². The van der Waals surface area contributed by atoms with Crippen molar-refractivity contribution >= 4 is 0 Å². The van der Waals surface area contributed by atoms with Gasteiger partial charge in [-0.15, -0.1) is 0 Å². The van der Waals surface area contributed by atoms with Crippen LogP contribution in [0, 0.1) is 0 Å². The Morgan fingerprint density at radius 1 is 0.947 bits per heavy atom. The molecule has 98 valence electrons. The molecule has 3 rings (SSSR count). The molecule has 1 aliphatic carbocycles. The van der Waals surface area contributed by atoms with Gasteiger partial charge in [-0.05, 0) is 42.0 Å². The van der Waals surface area contributed by atoms with Crippen LogP contribution >= 0.6 is 0 Å². The molecule has 1 aliphatic rings. The van der Waals surface area contributed by atoms with Gasteiger partial charge in [0.2, 0.25) is 0 Å². The average Bonchev–Trinajstić information content (AvgIpc) is 2.74. The molecule has 19 heavy (non-hydrogen) atoms. The quantitative estimate of drug-likeness (QED) is 0.860. The highest BCUT2D eigenvalue weighted by Crippen LogP contribution is 2.46. The molecule has 1 nitrogen and oxygen atoms in total. The van der Waals surface area contributed by atoms with E-state index >= 15 is 0 Å². The SMILES string of the molecule is CC(N)CCCC1c2ccccc2-c2ccccc21. The van der Waals surface area contributed by atoms with Crippen LogP contribution in [0.4, 0.5) is 0 Å². The topological polar surface area (TPSA) is 26.0 Å². The molecule has 0 aliphatic heterocycles. The molecule has 0 bridgehead atoms. The van der Waals surface area contributed by atoms with Crippen LogP contribution in [0.5, 0.6) is 0 Å². The van der Waals surface area contributed by atoms with Gasteiger partial charge in [0, 0.05) is 12.0 Å². The second-order valence-electron chi connectivity index (χ2n) is 5.64. The monoisotopic (exact) mass is 251 g/mol. The highest BCUT2D eigenvalue weighted by Gasteiger charge is 2.27. The molecule has 2 N–H and O–H groups in total. The number of hydrogen-bond donors (Lipinski definition) is 1. The summed E-state index contributed by atoms with van der Waals surface area (Å²) < 4.78 is 0. The first-order chi connectivity index (χ1) is 9.27. The maximum absolute atomic E-state index is 5.87. The average molecular weight is 251 g/mol. The van der Waals surface area contributed by atoms with E-state index in [1.54, 1.807) is 0 Å². The van der Waals surface area contributed by atoms with E-state index in [4.69, 9.17) is 5.73 Å². The smallest absolute Gasteiger partial charge is 0.0102 e. The van der Waals surface area contributed by atoms with Crippen molar-refractivity contribution in [1.82, 2.24) is 0 Å². The van der Waals surface area contributed by atoms with Crippen LogP contribution in [0.3, 0.4) is 0 Å². The second kappa shape index (κ2) is 5.18. The molecule has 0 aromatic heterocycles. The standard InChI is InChI=1S/C18H21N/c1-13(19)7-6-12-18-16-10-4-2-8-14(16)15-9-3-5-11-17(15)18/h2-5,8-11,13,18H,6-7,12,19H2,1H3. The predicted octanol–water partition coefficient (Wildman–Crippen LogP) is 4.32. The summed E-state index contributed by atoms with van der Waals surface area (Å²) >= 11 is 0. The fourth-order valence-corrected chi connectivity index (χ4v) is 3.21. The van der Waals surface area contributed by atoms with Crippen LogP contribution in [-0.4, -0.2) is 6.04 Å². The normalized spacial score (nSPS) is 15.1. The van der Waals surface area contributed by atoms with Crippen molar-refractivity contribution in [2.24, 2.45) is 5.73 Å². The van der Waals surface area contributed by atoms with Crippen molar-refractivity contribution in [2.45, 2.75) is 38.1 Å². The first kappa shape index (κ1) is 12.4. The van der Waals surface area contributed by atoms with Gasteiger partial charge in [-0.25, -0.2) is 0 Å². The highest BCUT2D eigenvalue weighted by atomic mass is 14.6. The third-order valence-corrected chi connectivity index (χ3v) is 4.11. The molecule has 0 amide bonds. The molecule has 0 saturated carbocycles. The summed E-state index contributed by atoms with van der Waals surface area (Å²) in [5, 5.41) is 0. The largest absolute Gasteiger partial charge is 0.328 e. The highest BCUT2D eigenvalue weighted by molar-refractivity contribution is 5.78. The first-order valence-electron chi connectivity index (χ1n) is 7.21. The van der Waals surface area contributed by atoms with Gasteiger partial charge in [-0.2, -0.15) is 0 Å². The van der Waals surface area contributed by atoms with Crippen LogP contribution in [0.1, 0.15) is 43.2 Å². The molecule has 1 atom stereocenters. The molecule has 2 aromatic rings. The van der Waals surface area contributed by atoms with E-state index in [1.807, 2.05) is 0 Å². The molecule has 0 fully saturated rings. The van der Waals surface area contributed by atoms with E-state index in [0.29, 0.717) is 12.0 Å². The minimum absolute atomic E-state index is 0.312. The second-order valence-corrected chi connectivity index (χ2v) is 5.64. The first-order valence-corrected chi connectivity index (χ1v) is 7.21. The Morgan fingerprint density at radius 2 is 1.47 bits per heavy atom. The third kappa shape index (κ3) is 2.31. The third-order valence-electron chi connectivity index (χ3n) is 4.11. The number of benzene rings is 2. The molecular formula is C18H21N. The molecule has 0 radical (unpaired) electrons. The van der Waals surface area contributed by atoms with Crippen LogP contribution in [0.25, 0.3) is 11.1 Å². The van der Waals surface area contributed by atoms with Crippen LogP contribution in [-0.2, 0) is 0 Å². The number of rotatable bonds is 4.